The van der Waals surface area contributed by atoms with Crippen LogP contribution >= 0.6 is 11.6 Å². The number of aromatic nitrogens is 2. The Morgan fingerprint density at radius 2 is 2.11 bits per heavy atom. The van der Waals surface area contributed by atoms with E-state index in [9.17, 15) is 9.18 Å². The van der Waals surface area contributed by atoms with Gasteiger partial charge in [0.2, 0.25) is 5.91 Å². The first-order chi connectivity index (χ1) is 17.1. The van der Waals surface area contributed by atoms with Crippen LogP contribution in [-0.2, 0) is 11.2 Å². The number of carbonyl (C=O) groups is 1. The summed E-state index contributed by atoms with van der Waals surface area (Å²) in [4.78, 5) is 26.7. The first kappa shape index (κ1) is 23.4. The molecule has 1 aromatic carbocycles. The summed E-state index contributed by atoms with van der Waals surface area (Å²) in [6.45, 7) is 1.15. The Morgan fingerprint density at radius 1 is 1.26 bits per heavy atom. The Labute approximate surface area is 208 Å². The summed E-state index contributed by atoms with van der Waals surface area (Å²) in [5.74, 6) is 0.629. The normalized spacial score (nSPS) is 18.4. The number of likely N-dealkylation sites (tertiary alicyclic amines) is 1. The molecule has 7 nitrogen and oxygen atoms in total. The van der Waals surface area contributed by atoms with Gasteiger partial charge in [0.1, 0.15) is 17.3 Å². The molecule has 1 fully saturated rings. The van der Waals surface area contributed by atoms with Crippen molar-refractivity contribution in [2.24, 2.45) is 4.99 Å². The number of amidine groups is 1. The number of fused-ring (bicyclic) bond motifs is 1. The Kier molecular flexibility index (Phi) is 6.99. The maximum absolute atomic E-state index is 14.7. The summed E-state index contributed by atoms with van der Waals surface area (Å²) in [7, 11) is 0. The molecule has 0 aliphatic carbocycles. The van der Waals surface area contributed by atoms with E-state index in [1.54, 1.807) is 12.4 Å². The molecule has 0 spiro atoms. The minimum absolute atomic E-state index is 0.0209. The van der Waals surface area contributed by atoms with E-state index in [4.69, 9.17) is 11.6 Å². The van der Waals surface area contributed by atoms with E-state index in [1.165, 1.54) is 0 Å². The smallest absolute Gasteiger partial charge is 0.223 e. The number of carbonyl (C=O) groups excluding carboxylic acids is 1. The van der Waals surface area contributed by atoms with E-state index in [-0.39, 0.29) is 24.3 Å². The highest BCUT2D eigenvalue weighted by Crippen LogP contribution is 2.23. The maximum Gasteiger partial charge on any atom is 0.223 e. The van der Waals surface area contributed by atoms with Crippen LogP contribution in [0.1, 0.15) is 36.8 Å². The van der Waals surface area contributed by atoms with Crippen LogP contribution in [-0.4, -0.2) is 52.3 Å². The average molecular weight is 495 g/mol. The Morgan fingerprint density at radius 3 is 2.97 bits per heavy atom. The number of rotatable bonds is 7. The molecular weight excluding hydrogens is 467 g/mol. The van der Waals surface area contributed by atoms with Gasteiger partial charge >= 0.3 is 0 Å². The second-order valence-corrected chi connectivity index (χ2v) is 9.36. The fourth-order valence-electron chi connectivity index (χ4n) is 4.72. The second kappa shape index (κ2) is 10.5. The quantitative estimate of drug-likeness (QED) is 0.457. The van der Waals surface area contributed by atoms with Crippen LogP contribution in [0, 0.1) is 0 Å². The van der Waals surface area contributed by atoms with E-state index in [2.05, 4.69) is 25.6 Å². The minimum atomic E-state index is -0.359. The van der Waals surface area contributed by atoms with Gasteiger partial charge in [-0.3, -0.25) is 9.79 Å². The molecular formula is C26H28ClFN6O. The zero-order valence-electron chi connectivity index (χ0n) is 19.4. The molecule has 35 heavy (non-hydrogen) atoms. The molecule has 182 valence electrons. The standard InChI is InChI=1S/C26H28ClFN6O/c27-18-12-20-21(15-31-24(20)29-13-18)25-32-16-22(28)26(33-25)30-14-19-8-4-5-11-34(19)23(35)10-9-17-6-2-1-3-7-17/h1-3,6-7,12-13,15,19,30H,4-5,8-11,14,16H2,(H,29,31)(H,32,33)/t19-/m1/s1. The van der Waals surface area contributed by atoms with E-state index in [0.717, 1.165) is 48.7 Å². The highest BCUT2D eigenvalue weighted by Gasteiger charge is 2.27. The van der Waals surface area contributed by atoms with Crippen LogP contribution in [0.2, 0.25) is 5.02 Å². The van der Waals surface area contributed by atoms with E-state index in [0.29, 0.717) is 35.3 Å². The van der Waals surface area contributed by atoms with Crippen molar-refractivity contribution in [1.29, 1.82) is 0 Å². The fourth-order valence-corrected chi connectivity index (χ4v) is 4.88. The highest BCUT2D eigenvalue weighted by atomic mass is 35.5. The predicted molar refractivity (Wildman–Crippen MR) is 136 cm³/mol. The summed E-state index contributed by atoms with van der Waals surface area (Å²) in [5, 5.41) is 7.65. The maximum atomic E-state index is 14.7. The van der Waals surface area contributed by atoms with Crippen molar-refractivity contribution < 1.29 is 9.18 Å². The van der Waals surface area contributed by atoms with Gasteiger partial charge in [-0.05, 0) is 37.3 Å². The lowest BCUT2D eigenvalue weighted by Gasteiger charge is -2.36. The van der Waals surface area contributed by atoms with E-state index >= 15 is 0 Å². The number of nitrogens with zero attached hydrogens (tertiary/aromatic N) is 3. The zero-order valence-corrected chi connectivity index (χ0v) is 20.1. The zero-order chi connectivity index (χ0) is 24.2. The first-order valence-electron chi connectivity index (χ1n) is 12.0. The van der Waals surface area contributed by atoms with Gasteiger partial charge in [0.25, 0.3) is 0 Å². The molecule has 1 saturated heterocycles. The third-order valence-corrected chi connectivity index (χ3v) is 6.78. The lowest BCUT2D eigenvalue weighted by Crippen LogP contribution is -2.50. The van der Waals surface area contributed by atoms with Gasteiger partial charge in [0.15, 0.2) is 5.83 Å². The number of halogens is 2. The Hall–Kier alpha value is -3.39. The largest absolute Gasteiger partial charge is 0.367 e. The summed E-state index contributed by atoms with van der Waals surface area (Å²) in [5.41, 5.74) is 2.62. The summed E-state index contributed by atoms with van der Waals surface area (Å²) >= 11 is 6.12. The van der Waals surface area contributed by atoms with Gasteiger partial charge in [0, 0.05) is 48.9 Å². The molecule has 0 unspecified atom stereocenters. The number of hydrogen-bond acceptors (Lipinski definition) is 5. The van der Waals surface area contributed by atoms with Gasteiger partial charge in [-0.2, -0.15) is 0 Å². The van der Waals surface area contributed by atoms with Crippen molar-refractivity contribution in [3.63, 3.8) is 0 Å². The second-order valence-electron chi connectivity index (χ2n) is 8.93. The van der Waals surface area contributed by atoms with Crippen molar-refractivity contribution in [3.05, 3.63) is 76.6 Å². The van der Waals surface area contributed by atoms with E-state index < -0.39 is 0 Å². The Bertz CT molecular complexity index is 1270. The molecule has 9 heteroatoms. The molecule has 4 heterocycles. The highest BCUT2D eigenvalue weighted by molar-refractivity contribution is 6.31. The van der Waals surface area contributed by atoms with Gasteiger partial charge in [-0.1, -0.05) is 41.9 Å². The molecule has 0 radical (unpaired) electrons. The number of aromatic amines is 1. The van der Waals surface area contributed by atoms with Crippen LogP contribution < -0.4 is 10.6 Å². The summed E-state index contributed by atoms with van der Waals surface area (Å²) < 4.78 is 14.7. The number of pyridine rings is 1. The van der Waals surface area contributed by atoms with Crippen LogP contribution in [0.25, 0.3) is 11.0 Å². The molecule has 0 bridgehead atoms. The van der Waals surface area contributed by atoms with Gasteiger partial charge in [-0.25, -0.2) is 9.37 Å². The van der Waals surface area contributed by atoms with Crippen molar-refractivity contribution >= 4 is 34.4 Å². The van der Waals surface area contributed by atoms with E-state index in [1.807, 2.05) is 41.3 Å². The first-order valence-corrected chi connectivity index (χ1v) is 12.4. The minimum Gasteiger partial charge on any atom is -0.367 e. The third-order valence-electron chi connectivity index (χ3n) is 6.58. The van der Waals surface area contributed by atoms with Gasteiger partial charge in [0.05, 0.1) is 11.6 Å². The molecule has 0 saturated carbocycles. The Balaban J connectivity index is 1.22. The summed E-state index contributed by atoms with van der Waals surface area (Å²) in [6.07, 6.45) is 7.51. The molecule has 2 aliphatic heterocycles. The topological polar surface area (TPSA) is 85.4 Å². The third kappa shape index (κ3) is 5.32. The van der Waals surface area contributed by atoms with Gasteiger partial charge in [-0.15, -0.1) is 0 Å². The van der Waals surface area contributed by atoms with Crippen LogP contribution in [0.5, 0.6) is 0 Å². The number of aliphatic imine (C=N–C) groups is 1. The number of piperidine rings is 1. The molecule has 3 N–H and O–H groups in total. The lowest BCUT2D eigenvalue weighted by molar-refractivity contribution is -0.134. The number of benzene rings is 1. The monoisotopic (exact) mass is 494 g/mol. The molecule has 1 amide bonds. The number of aryl methyl sites for hydroxylation is 1. The number of H-pyrrole nitrogens is 1. The lowest BCUT2D eigenvalue weighted by atomic mass is 10.0. The molecule has 2 aromatic heterocycles. The molecule has 1 atom stereocenters. The van der Waals surface area contributed by atoms with Crippen molar-refractivity contribution in [2.45, 2.75) is 38.1 Å². The fraction of sp³-hybridized carbons (Fsp3) is 0.346. The SMILES string of the molecule is O=C(CCc1ccccc1)N1CCCC[C@@H]1CNC1=C(F)CN=C(c2c[nH]c3ncc(Cl)cc23)N1. The predicted octanol–water partition coefficient (Wildman–Crippen LogP) is 4.31. The number of nitrogens with one attached hydrogen (secondary N) is 3. The van der Waals surface area contributed by atoms with Crippen LogP contribution in [0.3, 0.4) is 0 Å². The van der Waals surface area contributed by atoms with Gasteiger partial charge < -0.3 is 20.5 Å². The summed E-state index contributed by atoms with van der Waals surface area (Å²) in [6, 6.07) is 11.9. The number of amides is 1. The average Bonchev–Trinajstić information content (AvgIpc) is 3.30. The van der Waals surface area contributed by atoms with Crippen molar-refractivity contribution in [2.75, 3.05) is 19.6 Å². The van der Waals surface area contributed by atoms with Crippen LogP contribution in [0.4, 0.5) is 4.39 Å². The van der Waals surface area contributed by atoms with Crippen LogP contribution in [0.15, 0.2) is 65.4 Å². The number of hydrogen-bond donors (Lipinski definition) is 3. The van der Waals surface area contributed by atoms with Crippen molar-refractivity contribution in [1.82, 2.24) is 25.5 Å². The van der Waals surface area contributed by atoms with Crippen molar-refractivity contribution in [3.8, 4) is 0 Å². The molecule has 2 aliphatic rings. The molecule has 5 rings (SSSR count). The molecule has 3 aromatic rings.